The molecule has 1 unspecified atom stereocenters. The number of hydrogen-bond donors (Lipinski definition) is 0. The first-order valence-corrected chi connectivity index (χ1v) is 7.93. The van der Waals surface area contributed by atoms with Crippen LogP contribution in [0.4, 0.5) is 0 Å². The Bertz CT molecular complexity index is 214. The van der Waals surface area contributed by atoms with Gasteiger partial charge in [-0.05, 0) is 45.1 Å². The molecule has 2 fully saturated rings. The second-order valence-electron chi connectivity index (χ2n) is 5.38. The molecule has 0 radical (unpaired) electrons. The van der Waals surface area contributed by atoms with Gasteiger partial charge in [0.25, 0.3) is 0 Å². The van der Waals surface area contributed by atoms with Crippen molar-refractivity contribution in [3.8, 4) is 0 Å². The topological polar surface area (TPSA) is 21.7 Å². The van der Waals surface area contributed by atoms with Crippen molar-refractivity contribution in [2.75, 3.05) is 38.7 Å². The Labute approximate surface area is 116 Å². The number of piperidine rings is 1. The van der Waals surface area contributed by atoms with Crippen LogP contribution in [0.2, 0.25) is 0 Å². The minimum absolute atomic E-state index is 0.443. The van der Waals surface area contributed by atoms with Gasteiger partial charge in [0.2, 0.25) is 0 Å². The third-order valence-corrected chi connectivity index (χ3v) is 4.14. The lowest BCUT2D eigenvalue weighted by atomic mass is 10.1. The smallest absolute Gasteiger partial charge is 0.0605 e. The molecular weight excluding hydrogens is 250 g/mol. The van der Waals surface area contributed by atoms with E-state index in [1.165, 1.54) is 45.3 Å². The summed E-state index contributed by atoms with van der Waals surface area (Å²) < 4.78 is 11.3. The van der Waals surface area contributed by atoms with E-state index in [1.54, 1.807) is 0 Å². The molecular formula is C14H26ClNO2. The first-order valence-electron chi connectivity index (χ1n) is 7.40. The standard InChI is InChI=1S/C14H26ClNO2/c15-7-12-18-14-5-9-16(10-6-14)8-1-3-13-4-2-11-17-13/h13-14H,1-12H2. The zero-order valence-electron chi connectivity index (χ0n) is 11.3. The average molecular weight is 276 g/mol. The average Bonchev–Trinajstić information content (AvgIpc) is 2.91. The molecule has 1 atom stereocenters. The van der Waals surface area contributed by atoms with Gasteiger partial charge >= 0.3 is 0 Å². The Morgan fingerprint density at radius 3 is 2.72 bits per heavy atom. The maximum absolute atomic E-state index is 5.69. The summed E-state index contributed by atoms with van der Waals surface area (Å²) in [5, 5.41) is 0. The Hall–Kier alpha value is 0.170. The molecule has 0 aliphatic carbocycles. The van der Waals surface area contributed by atoms with Crippen molar-refractivity contribution in [3.63, 3.8) is 0 Å². The van der Waals surface area contributed by atoms with Gasteiger partial charge in [0.15, 0.2) is 0 Å². The summed E-state index contributed by atoms with van der Waals surface area (Å²) in [5.74, 6) is 0.613. The molecule has 0 bridgehead atoms. The van der Waals surface area contributed by atoms with Gasteiger partial charge < -0.3 is 14.4 Å². The summed E-state index contributed by atoms with van der Waals surface area (Å²) >= 11 is 5.63. The van der Waals surface area contributed by atoms with Gasteiger partial charge in [0.1, 0.15) is 0 Å². The van der Waals surface area contributed by atoms with Crippen LogP contribution < -0.4 is 0 Å². The largest absolute Gasteiger partial charge is 0.378 e. The van der Waals surface area contributed by atoms with Crippen molar-refractivity contribution in [3.05, 3.63) is 0 Å². The van der Waals surface area contributed by atoms with Gasteiger partial charge in [-0.3, -0.25) is 0 Å². The lowest BCUT2D eigenvalue weighted by Gasteiger charge is -2.31. The molecule has 0 aromatic heterocycles. The van der Waals surface area contributed by atoms with E-state index < -0.39 is 0 Å². The minimum atomic E-state index is 0.443. The van der Waals surface area contributed by atoms with Crippen molar-refractivity contribution in [1.82, 2.24) is 4.90 Å². The second kappa shape index (κ2) is 8.36. The summed E-state index contributed by atoms with van der Waals surface area (Å²) in [6.07, 6.45) is 8.36. The summed E-state index contributed by atoms with van der Waals surface area (Å²) in [6.45, 7) is 5.26. The Kier molecular flexibility index (Phi) is 6.77. The number of rotatable bonds is 7. The minimum Gasteiger partial charge on any atom is -0.378 e. The first-order chi connectivity index (χ1) is 8.88. The Balaban J connectivity index is 1.50. The predicted octanol–water partition coefficient (Wildman–Crippen LogP) is 2.67. The van der Waals surface area contributed by atoms with Crippen LogP contribution in [-0.2, 0) is 9.47 Å². The van der Waals surface area contributed by atoms with Gasteiger partial charge in [0.05, 0.1) is 18.8 Å². The molecule has 0 N–H and O–H groups in total. The summed E-state index contributed by atoms with van der Waals surface area (Å²) in [5.41, 5.74) is 0. The molecule has 2 rings (SSSR count). The van der Waals surface area contributed by atoms with Gasteiger partial charge in [-0.25, -0.2) is 0 Å². The Morgan fingerprint density at radius 1 is 1.22 bits per heavy atom. The molecule has 0 aromatic carbocycles. The third kappa shape index (κ3) is 5.04. The van der Waals surface area contributed by atoms with Crippen LogP contribution in [0.5, 0.6) is 0 Å². The van der Waals surface area contributed by atoms with Gasteiger partial charge in [-0.15, -0.1) is 11.6 Å². The predicted molar refractivity (Wildman–Crippen MR) is 74.3 cm³/mol. The van der Waals surface area contributed by atoms with E-state index in [0.29, 0.717) is 24.7 Å². The van der Waals surface area contributed by atoms with Gasteiger partial charge in [-0.1, -0.05) is 0 Å². The van der Waals surface area contributed by atoms with E-state index >= 15 is 0 Å². The number of ether oxygens (including phenoxy) is 2. The van der Waals surface area contributed by atoms with E-state index in [-0.39, 0.29) is 0 Å². The van der Waals surface area contributed by atoms with Crippen molar-refractivity contribution in [2.24, 2.45) is 0 Å². The molecule has 0 saturated carbocycles. The first kappa shape index (κ1) is 14.6. The maximum atomic E-state index is 5.69. The highest BCUT2D eigenvalue weighted by molar-refractivity contribution is 6.17. The second-order valence-corrected chi connectivity index (χ2v) is 5.76. The lowest BCUT2D eigenvalue weighted by molar-refractivity contribution is 0.0138. The molecule has 2 saturated heterocycles. The normalized spacial score (nSPS) is 26.8. The van der Waals surface area contributed by atoms with Crippen LogP contribution in [0.25, 0.3) is 0 Å². The van der Waals surface area contributed by atoms with Crippen molar-refractivity contribution in [2.45, 2.75) is 50.7 Å². The summed E-state index contributed by atoms with van der Waals surface area (Å²) in [4.78, 5) is 2.56. The quantitative estimate of drug-likeness (QED) is 0.667. The molecule has 106 valence electrons. The van der Waals surface area contributed by atoms with E-state index in [9.17, 15) is 0 Å². The van der Waals surface area contributed by atoms with E-state index in [4.69, 9.17) is 21.1 Å². The zero-order valence-corrected chi connectivity index (χ0v) is 12.0. The maximum Gasteiger partial charge on any atom is 0.0605 e. The highest BCUT2D eigenvalue weighted by Gasteiger charge is 2.20. The van der Waals surface area contributed by atoms with E-state index in [2.05, 4.69) is 4.90 Å². The fourth-order valence-electron chi connectivity index (χ4n) is 2.93. The van der Waals surface area contributed by atoms with E-state index in [0.717, 1.165) is 19.4 Å². The molecule has 2 heterocycles. The monoisotopic (exact) mass is 275 g/mol. The molecule has 18 heavy (non-hydrogen) atoms. The summed E-state index contributed by atoms with van der Waals surface area (Å²) in [6, 6.07) is 0. The SMILES string of the molecule is ClCCOC1CCN(CCCC2CCCO2)CC1. The van der Waals surface area contributed by atoms with Gasteiger partial charge in [0, 0.05) is 25.6 Å². The fraction of sp³-hybridized carbons (Fsp3) is 1.00. The van der Waals surface area contributed by atoms with Crippen LogP contribution in [0.15, 0.2) is 0 Å². The van der Waals surface area contributed by atoms with Crippen LogP contribution in [0.1, 0.15) is 38.5 Å². The number of alkyl halides is 1. The van der Waals surface area contributed by atoms with Crippen molar-refractivity contribution < 1.29 is 9.47 Å². The molecule has 0 amide bonds. The third-order valence-electron chi connectivity index (χ3n) is 3.99. The number of halogens is 1. The van der Waals surface area contributed by atoms with Gasteiger partial charge in [-0.2, -0.15) is 0 Å². The zero-order chi connectivity index (χ0) is 12.6. The molecule has 3 nitrogen and oxygen atoms in total. The summed E-state index contributed by atoms with van der Waals surface area (Å²) in [7, 11) is 0. The lowest BCUT2D eigenvalue weighted by Crippen LogP contribution is -2.37. The molecule has 2 aliphatic rings. The molecule has 0 spiro atoms. The van der Waals surface area contributed by atoms with Crippen molar-refractivity contribution in [1.29, 1.82) is 0 Å². The fourth-order valence-corrected chi connectivity index (χ4v) is 3.01. The number of nitrogens with zero attached hydrogens (tertiary/aromatic N) is 1. The molecule has 0 aromatic rings. The van der Waals surface area contributed by atoms with Crippen LogP contribution in [-0.4, -0.2) is 55.8 Å². The van der Waals surface area contributed by atoms with E-state index in [1.807, 2.05) is 0 Å². The number of hydrogen-bond acceptors (Lipinski definition) is 3. The Morgan fingerprint density at radius 2 is 2.06 bits per heavy atom. The highest BCUT2D eigenvalue weighted by atomic mass is 35.5. The van der Waals surface area contributed by atoms with Crippen LogP contribution in [0.3, 0.4) is 0 Å². The highest BCUT2D eigenvalue weighted by Crippen LogP contribution is 2.18. The van der Waals surface area contributed by atoms with Crippen LogP contribution in [0, 0.1) is 0 Å². The molecule has 4 heteroatoms. The van der Waals surface area contributed by atoms with Crippen LogP contribution >= 0.6 is 11.6 Å². The van der Waals surface area contributed by atoms with Crippen molar-refractivity contribution >= 4 is 11.6 Å². The molecule has 2 aliphatic heterocycles. The number of likely N-dealkylation sites (tertiary alicyclic amines) is 1.